The zero-order valence-corrected chi connectivity index (χ0v) is 12.3. The normalized spacial score (nSPS) is 10.9. The van der Waals surface area contributed by atoms with E-state index in [1.807, 2.05) is 6.07 Å². The summed E-state index contributed by atoms with van der Waals surface area (Å²) in [6.07, 6.45) is 1.04. The van der Waals surface area contributed by atoms with Crippen molar-refractivity contribution in [3.05, 3.63) is 29.8 Å². The van der Waals surface area contributed by atoms with E-state index in [1.54, 1.807) is 18.2 Å². The number of hydrogen-bond acceptors (Lipinski definition) is 4. The topological polar surface area (TPSA) is 92.3 Å². The number of benzene rings is 1. The molecule has 1 rings (SSSR count). The van der Waals surface area contributed by atoms with Gasteiger partial charge in [0.15, 0.2) is 0 Å². The zero-order chi connectivity index (χ0) is 15.2. The van der Waals surface area contributed by atoms with Gasteiger partial charge in [-0.1, -0.05) is 12.1 Å². The highest BCUT2D eigenvalue weighted by atomic mass is 32.2. The van der Waals surface area contributed by atoms with Gasteiger partial charge in [0.25, 0.3) is 0 Å². The predicted molar refractivity (Wildman–Crippen MR) is 76.9 cm³/mol. The van der Waals surface area contributed by atoms with Gasteiger partial charge in [0.05, 0.1) is 5.75 Å². The first-order valence-corrected chi connectivity index (χ1v) is 8.13. The van der Waals surface area contributed by atoms with Crippen LogP contribution in [0.2, 0.25) is 0 Å². The number of carbonyl (C=O) groups is 2. The van der Waals surface area contributed by atoms with E-state index in [0.29, 0.717) is 5.69 Å². The van der Waals surface area contributed by atoms with Gasteiger partial charge < -0.3 is 10.6 Å². The third-order valence-corrected chi connectivity index (χ3v) is 3.38. The molecule has 0 aliphatic rings. The van der Waals surface area contributed by atoms with Crippen molar-refractivity contribution in [2.45, 2.75) is 19.9 Å². The van der Waals surface area contributed by atoms with Crippen LogP contribution >= 0.6 is 0 Å². The third-order valence-electron chi connectivity index (χ3n) is 2.44. The third kappa shape index (κ3) is 6.89. The van der Waals surface area contributed by atoms with Crippen LogP contribution < -0.4 is 10.6 Å². The second kappa shape index (κ2) is 7.04. The largest absolute Gasteiger partial charge is 0.352 e. The summed E-state index contributed by atoms with van der Waals surface area (Å²) >= 11 is 0. The Morgan fingerprint density at radius 3 is 2.55 bits per heavy atom. The van der Waals surface area contributed by atoms with Crippen molar-refractivity contribution in [3.8, 4) is 0 Å². The van der Waals surface area contributed by atoms with E-state index in [0.717, 1.165) is 11.8 Å². The molecule has 0 heterocycles. The van der Waals surface area contributed by atoms with E-state index in [4.69, 9.17) is 0 Å². The maximum Gasteiger partial charge on any atom is 0.221 e. The predicted octanol–water partition coefficient (Wildman–Crippen LogP) is 0.696. The van der Waals surface area contributed by atoms with E-state index >= 15 is 0 Å². The van der Waals surface area contributed by atoms with E-state index in [-0.39, 0.29) is 30.5 Å². The van der Waals surface area contributed by atoms with Crippen LogP contribution in [0.3, 0.4) is 0 Å². The first-order chi connectivity index (χ1) is 9.26. The van der Waals surface area contributed by atoms with Crippen LogP contribution in [-0.2, 0) is 26.0 Å². The van der Waals surface area contributed by atoms with Crippen LogP contribution in [0.1, 0.15) is 18.9 Å². The van der Waals surface area contributed by atoms with Crippen molar-refractivity contribution in [3.63, 3.8) is 0 Å². The van der Waals surface area contributed by atoms with Crippen molar-refractivity contribution in [2.75, 3.05) is 17.3 Å². The highest BCUT2D eigenvalue weighted by Crippen LogP contribution is 2.10. The van der Waals surface area contributed by atoms with Gasteiger partial charge in [0.1, 0.15) is 9.84 Å². The van der Waals surface area contributed by atoms with Crippen LogP contribution in [0.5, 0.6) is 0 Å². The molecule has 2 N–H and O–H groups in total. The second-order valence-corrected chi connectivity index (χ2v) is 6.80. The van der Waals surface area contributed by atoms with Crippen molar-refractivity contribution in [2.24, 2.45) is 0 Å². The van der Waals surface area contributed by atoms with Crippen molar-refractivity contribution in [1.29, 1.82) is 0 Å². The first-order valence-electron chi connectivity index (χ1n) is 6.07. The van der Waals surface area contributed by atoms with E-state index in [2.05, 4.69) is 10.6 Å². The number of nitrogens with one attached hydrogen (secondary N) is 2. The smallest absolute Gasteiger partial charge is 0.221 e. The van der Waals surface area contributed by atoms with E-state index < -0.39 is 9.84 Å². The molecule has 0 aliphatic heterocycles. The van der Waals surface area contributed by atoms with Gasteiger partial charge in [-0.15, -0.1) is 0 Å². The fourth-order valence-corrected chi connectivity index (χ4v) is 2.09. The molecule has 0 fully saturated rings. The summed E-state index contributed by atoms with van der Waals surface area (Å²) in [4.78, 5) is 22.4. The average molecular weight is 298 g/mol. The molecule has 6 nitrogen and oxygen atoms in total. The molecule has 0 saturated heterocycles. The maximum absolute atomic E-state index is 11.5. The Hall–Kier alpha value is -1.89. The number of hydrogen-bond donors (Lipinski definition) is 2. The van der Waals surface area contributed by atoms with Crippen LogP contribution in [-0.4, -0.2) is 32.2 Å². The Morgan fingerprint density at radius 1 is 1.25 bits per heavy atom. The van der Waals surface area contributed by atoms with Crippen molar-refractivity contribution in [1.82, 2.24) is 5.32 Å². The maximum atomic E-state index is 11.5. The Bertz CT molecular complexity index is 596. The number of sulfone groups is 1. The molecule has 0 saturated carbocycles. The van der Waals surface area contributed by atoms with Gasteiger partial charge in [-0.2, -0.15) is 0 Å². The van der Waals surface area contributed by atoms with E-state index in [1.165, 1.54) is 6.92 Å². The molecule has 0 spiro atoms. The summed E-state index contributed by atoms with van der Waals surface area (Å²) in [5.41, 5.74) is 1.48. The quantitative estimate of drug-likeness (QED) is 0.808. The van der Waals surface area contributed by atoms with Gasteiger partial charge in [-0.05, 0) is 17.7 Å². The standard InChI is InChI=1S/C13H18N2O4S/c1-10(16)15-12-5-3-4-11(8-12)9-14-13(17)6-7-20(2,18)19/h3-5,8H,6-7,9H2,1-2H3,(H,14,17)(H,15,16). The minimum absolute atomic E-state index is 0.0514. The molecule has 0 aromatic heterocycles. The Balaban J connectivity index is 2.49. The minimum atomic E-state index is -3.13. The summed E-state index contributed by atoms with van der Waals surface area (Å²) in [7, 11) is -3.13. The lowest BCUT2D eigenvalue weighted by Gasteiger charge is -2.07. The molecule has 0 radical (unpaired) electrons. The van der Waals surface area contributed by atoms with Gasteiger partial charge in [-0.3, -0.25) is 9.59 Å². The van der Waals surface area contributed by atoms with Crippen molar-refractivity contribution < 1.29 is 18.0 Å². The molecule has 2 amide bonds. The fourth-order valence-electron chi connectivity index (χ4n) is 1.53. The molecule has 0 aliphatic carbocycles. The summed E-state index contributed by atoms with van der Waals surface area (Å²) in [6.45, 7) is 1.70. The van der Waals surface area contributed by atoms with Gasteiger partial charge in [-0.25, -0.2) is 8.42 Å². The van der Waals surface area contributed by atoms with Crippen molar-refractivity contribution >= 4 is 27.3 Å². The Labute approximate surface area is 118 Å². The lowest BCUT2D eigenvalue weighted by molar-refractivity contribution is -0.120. The summed E-state index contributed by atoms with van der Waals surface area (Å²) in [5, 5.41) is 5.28. The molecular weight excluding hydrogens is 280 g/mol. The molecular formula is C13H18N2O4S. The molecule has 110 valence electrons. The fraction of sp³-hybridized carbons (Fsp3) is 0.385. The number of anilines is 1. The number of amides is 2. The molecule has 20 heavy (non-hydrogen) atoms. The lowest BCUT2D eigenvalue weighted by Crippen LogP contribution is -2.25. The Morgan fingerprint density at radius 2 is 1.95 bits per heavy atom. The summed E-state index contributed by atoms with van der Waals surface area (Å²) in [6, 6.07) is 7.07. The second-order valence-electron chi connectivity index (χ2n) is 4.54. The molecule has 1 aromatic carbocycles. The minimum Gasteiger partial charge on any atom is -0.352 e. The summed E-state index contributed by atoms with van der Waals surface area (Å²) in [5.74, 6) is -0.648. The number of carbonyl (C=O) groups excluding carboxylic acids is 2. The van der Waals surface area contributed by atoms with Gasteiger partial charge in [0.2, 0.25) is 11.8 Å². The SMILES string of the molecule is CC(=O)Nc1cccc(CNC(=O)CCS(C)(=O)=O)c1. The monoisotopic (exact) mass is 298 g/mol. The van der Waals surface area contributed by atoms with E-state index in [9.17, 15) is 18.0 Å². The molecule has 1 aromatic rings. The average Bonchev–Trinajstić information content (AvgIpc) is 2.32. The van der Waals surface area contributed by atoms with Crippen LogP contribution in [0.4, 0.5) is 5.69 Å². The van der Waals surface area contributed by atoms with Crippen LogP contribution in [0.15, 0.2) is 24.3 Å². The van der Waals surface area contributed by atoms with Crippen LogP contribution in [0, 0.1) is 0 Å². The van der Waals surface area contributed by atoms with Gasteiger partial charge >= 0.3 is 0 Å². The van der Waals surface area contributed by atoms with Gasteiger partial charge in [0, 0.05) is 31.8 Å². The zero-order valence-electron chi connectivity index (χ0n) is 11.5. The number of rotatable bonds is 6. The highest BCUT2D eigenvalue weighted by molar-refractivity contribution is 7.90. The lowest BCUT2D eigenvalue weighted by atomic mass is 10.2. The van der Waals surface area contributed by atoms with Crippen LogP contribution in [0.25, 0.3) is 0 Å². The molecule has 0 atom stereocenters. The Kier molecular flexibility index (Phi) is 5.69. The molecule has 7 heteroatoms. The molecule has 0 unspecified atom stereocenters. The molecule has 0 bridgehead atoms. The first kappa shape index (κ1) is 16.2. The highest BCUT2D eigenvalue weighted by Gasteiger charge is 2.07. The summed E-state index contributed by atoms with van der Waals surface area (Å²) < 4.78 is 21.9.